The predicted molar refractivity (Wildman–Crippen MR) is 128 cm³/mol. The van der Waals surface area contributed by atoms with E-state index in [1.165, 1.54) is 31.4 Å². The van der Waals surface area contributed by atoms with Crippen molar-refractivity contribution >= 4 is 18.0 Å². The van der Waals surface area contributed by atoms with Gasteiger partial charge in [-0.05, 0) is 67.4 Å². The van der Waals surface area contributed by atoms with Crippen LogP contribution in [0.25, 0.3) is 0 Å². The number of oxazole rings is 1. The molecule has 0 radical (unpaired) electrons. The van der Waals surface area contributed by atoms with Crippen LogP contribution in [0, 0.1) is 11.3 Å². The maximum Gasteiger partial charge on any atom is 0.193 e. The SMILES string of the molecule is C1=NC2C3SC4=C([C@@H](CCc5ncco5)CC4)C23C(OC2CCC(N3CCOCC3)CC2)=C1. The van der Waals surface area contributed by atoms with Gasteiger partial charge in [0.1, 0.15) is 12.0 Å². The molecule has 1 aromatic heterocycles. The maximum atomic E-state index is 6.88. The number of morpholine rings is 1. The summed E-state index contributed by atoms with van der Waals surface area (Å²) in [5, 5.41) is 0.557. The van der Waals surface area contributed by atoms with Gasteiger partial charge in [0.25, 0.3) is 0 Å². The smallest absolute Gasteiger partial charge is 0.193 e. The Kier molecular flexibility index (Phi) is 5.21. The Morgan fingerprint density at radius 1 is 1.15 bits per heavy atom. The van der Waals surface area contributed by atoms with Crippen LogP contribution in [0.15, 0.2) is 44.2 Å². The summed E-state index contributed by atoms with van der Waals surface area (Å²) in [5.74, 6) is 2.69. The molecule has 3 fully saturated rings. The Morgan fingerprint density at radius 2 is 2.03 bits per heavy atom. The fourth-order valence-corrected chi connectivity index (χ4v) is 9.08. The number of aromatic nitrogens is 1. The van der Waals surface area contributed by atoms with E-state index in [0.29, 0.717) is 29.4 Å². The first-order valence-electron chi connectivity index (χ1n) is 12.8. The van der Waals surface area contributed by atoms with E-state index in [2.05, 4.69) is 27.7 Å². The highest BCUT2D eigenvalue weighted by atomic mass is 32.2. The van der Waals surface area contributed by atoms with Gasteiger partial charge >= 0.3 is 0 Å². The fraction of sp³-hybridized carbons (Fsp3) is 0.692. The summed E-state index contributed by atoms with van der Waals surface area (Å²) in [6.45, 7) is 3.96. The van der Waals surface area contributed by atoms with Crippen LogP contribution in [0.1, 0.15) is 50.8 Å². The van der Waals surface area contributed by atoms with E-state index in [-0.39, 0.29) is 5.41 Å². The number of aryl methyl sites for hydroxylation is 1. The van der Waals surface area contributed by atoms with Crippen molar-refractivity contribution in [2.45, 2.75) is 74.8 Å². The van der Waals surface area contributed by atoms with Gasteiger partial charge in [-0.15, -0.1) is 11.8 Å². The number of dihydropyridines is 1. The molecule has 1 aromatic rings. The average molecular weight is 468 g/mol. The minimum absolute atomic E-state index is 0.0492. The van der Waals surface area contributed by atoms with Gasteiger partial charge in [0, 0.05) is 31.8 Å². The maximum absolute atomic E-state index is 6.88. The van der Waals surface area contributed by atoms with E-state index in [1.54, 1.807) is 22.9 Å². The van der Waals surface area contributed by atoms with Crippen LogP contribution in [0.3, 0.4) is 0 Å². The number of rotatable bonds is 6. The Bertz CT molecular complexity index is 975. The molecule has 6 aliphatic rings. The highest BCUT2D eigenvalue weighted by Crippen LogP contribution is 2.76. The molecule has 4 atom stereocenters. The molecule has 3 aliphatic carbocycles. The summed E-state index contributed by atoms with van der Waals surface area (Å²) in [4.78, 5) is 13.5. The van der Waals surface area contributed by atoms with Crippen LogP contribution in [0.2, 0.25) is 0 Å². The van der Waals surface area contributed by atoms with Crippen LogP contribution < -0.4 is 0 Å². The van der Waals surface area contributed by atoms with E-state index in [4.69, 9.17) is 18.9 Å². The van der Waals surface area contributed by atoms with Gasteiger partial charge in [-0.2, -0.15) is 0 Å². The van der Waals surface area contributed by atoms with Gasteiger partial charge in [0.05, 0.1) is 42.2 Å². The summed E-state index contributed by atoms with van der Waals surface area (Å²) in [7, 11) is 0. The Hall–Kier alpha value is -1.57. The molecule has 176 valence electrons. The molecule has 1 saturated heterocycles. The molecule has 7 heteroatoms. The van der Waals surface area contributed by atoms with Crippen molar-refractivity contribution in [3.05, 3.63) is 40.7 Å². The van der Waals surface area contributed by atoms with Crippen LogP contribution in [-0.4, -0.2) is 65.8 Å². The van der Waals surface area contributed by atoms with E-state index >= 15 is 0 Å². The third kappa shape index (κ3) is 3.37. The summed E-state index contributed by atoms with van der Waals surface area (Å²) in [5.41, 5.74) is 1.72. The van der Waals surface area contributed by atoms with Crippen molar-refractivity contribution < 1.29 is 13.9 Å². The van der Waals surface area contributed by atoms with Gasteiger partial charge < -0.3 is 13.9 Å². The second-order valence-corrected chi connectivity index (χ2v) is 11.7. The van der Waals surface area contributed by atoms with Gasteiger partial charge in [-0.1, -0.05) is 0 Å². The van der Waals surface area contributed by atoms with Crippen LogP contribution >= 0.6 is 11.8 Å². The van der Waals surface area contributed by atoms with Gasteiger partial charge in [-0.25, -0.2) is 4.98 Å². The van der Waals surface area contributed by atoms with Crippen molar-refractivity contribution in [1.82, 2.24) is 9.88 Å². The largest absolute Gasteiger partial charge is 0.494 e. The zero-order chi connectivity index (χ0) is 21.8. The van der Waals surface area contributed by atoms with Gasteiger partial charge in [-0.3, -0.25) is 9.89 Å². The summed E-state index contributed by atoms with van der Waals surface area (Å²) < 4.78 is 17.9. The van der Waals surface area contributed by atoms with Crippen LogP contribution in [-0.2, 0) is 15.9 Å². The van der Waals surface area contributed by atoms with E-state index < -0.39 is 0 Å². The lowest BCUT2D eigenvalue weighted by atomic mass is 9.82. The molecule has 1 spiro atoms. The molecule has 3 unspecified atom stereocenters. The van der Waals surface area contributed by atoms with Crippen molar-refractivity contribution in [2.24, 2.45) is 16.3 Å². The second-order valence-electron chi connectivity index (χ2n) is 10.4. The molecule has 0 amide bonds. The normalized spacial score (nSPS) is 39.8. The van der Waals surface area contributed by atoms with Crippen LogP contribution in [0.5, 0.6) is 0 Å². The third-order valence-corrected chi connectivity index (χ3v) is 10.4. The number of fused-ring (bicyclic) bond motifs is 1. The zero-order valence-electron chi connectivity index (χ0n) is 19.2. The molecule has 2 saturated carbocycles. The van der Waals surface area contributed by atoms with Crippen molar-refractivity contribution in [2.75, 3.05) is 26.3 Å². The molecule has 7 rings (SSSR count). The topological polar surface area (TPSA) is 60.1 Å². The Balaban J connectivity index is 1.04. The van der Waals surface area contributed by atoms with E-state index in [1.807, 2.05) is 6.21 Å². The number of aliphatic imine (C=N–C) groups is 1. The summed E-state index contributed by atoms with van der Waals surface area (Å²) in [6, 6.07) is 1.09. The number of thioether (sulfide) groups is 1. The molecule has 33 heavy (non-hydrogen) atoms. The highest BCUT2D eigenvalue weighted by molar-refractivity contribution is 8.04. The molecule has 0 aromatic carbocycles. The number of hydrogen-bond donors (Lipinski definition) is 0. The first-order chi connectivity index (χ1) is 16.3. The summed E-state index contributed by atoms with van der Waals surface area (Å²) >= 11 is 2.11. The first-order valence-corrected chi connectivity index (χ1v) is 13.7. The molecule has 0 N–H and O–H groups in total. The quantitative estimate of drug-likeness (QED) is 0.619. The third-order valence-electron chi connectivity index (χ3n) is 8.81. The van der Waals surface area contributed by atoms with Crippen molar-refractivity contribution in [3.63, 3.8) is 0 Å². The lowest BCUT2D eigenvalue weighted by Gasteiger charge is -2.39. The monoisotopic (exact) mass is 467 g/mol. The number of allylic oxidation sites excluding steroid dienone is 2. The first kappa shape index (κ1) is 20.8. The Labute approximate surface area is 199 Å². The van der Waals surface area contributed by atoms with Gasteiger partial charge in [0.15, 0.2) is 5.89 Å². The van der Waals surface area contributed by atoms with Crippen LogP contribution in [0.4, 0.5) is 0 Å². The fourth-order valence-electron chi connectivity index (χ4n) is 7.17. The number of ether oxygens (including phenoxy) is 2. The minimum atomic E-state index is 0.0492. The lowest BCUT2D eigenvalue weighted by molar-refractivity contribution is -0.0118. The Morgan fingerprint density at radius 3 is 2.85 bits per heavy atom. The zero-order valence-corrected chi connectivity index (χ0v) is 20.0. The van der Waals surface area contributed by atoms with Gasteiger partial charge in [0.2, 0.25) is 0 Å². The molecule has 3 aliphatic heterocycles. The molecular formula is C26H33N3O3S. The summed E-state index contributed by atoms with van der Waals surface area (Å²) in [6.07, 6.45) is 17.3. The lowest BCUT2D eigenvalue weighted by Crippen LogP contribution is -2.45. The number of hydrogen-bond acceptors (Lipinski definition) is 7. The second kappa shape index (κ2) is 8.28. The molecule has 4 heterocycles. The molecule has 0 bridgehead atoms. The van der Waals surface area contributed by atoms with E-state index in [9.17, 15) is 0 Å². The predicted octanol–water partition coefficient (Wildman–Crippen LogP) is 4.38. The standard InChI is InChI=1S/C26H33N3O3S/c1-7-20-23(17(1)2-8-22-27-11-14-31-22)26-21(9-10-28-24(26)25(26)33-20)32-19-5-3-18(4-6-19)29-12-15-30-16-13-29/h9-11,14,17-19,24-25H,1-8,12-13,15-16H2/t17-,18?,19?,24?,25?,26?/m1/s1. The van der Waals surface area contributed by atoms with Crippen molar-refractivity contribution in [1.29, 1.82) is 0 Å². The minimum Gasteiger partial charge on any atom is -0.494 e. The van der Waals surface area contributed by atoms with E-state index in [0.717, 1.165) is 57.9 Å². The van der Waals surface area contributed by atoms with Crippen molar-refractivity contribution in [3.8, 4) is 0 Å². The number of nitrogens with zero attached hydrogens (tertiary/aromatic N) is 3. The molecule has 6 nitrogen and oxygen atoms in total. The average Bonchev–Trinajstić information content (AvgIpc) is 3.29. The molecular weight excluding hydrogens is 434 g/mol. The highest BCUT2D eigenvalue weighted by Gasteiger charge is 2.76.